The molecule has 0 fully saturated rings. The Labute approximate surface area is 162 Å². The van der Waals surface area contributed by atoms with E-state index in [1.54, 1.807) is 32.4 Å². The first kappa shape index (κ1) is 19.5. The minimum atomic E-state index is -0.899. The lowest BCUT2D eigenvalue weighted by molar-refractivity contribution is 0.356. The molecule has 28 heavy (non-hydrogen) atoms. The van der Waals surface area contributed by atoms with Gasteiger partial charge in [0.25, 0.3) is 0 Å². The molecule has 0 amide bonds. The summed E-state index contributed by atoms with van der Waals surface area (Å²) in [4.78, 5) is 9.09. The number of hydrogen-bond donors (Lipinski definition) is 1. The highest BCUT2D eigenvalue weighted by molar-refractivity contribution is 5.92. The molecule has 7 heteroatoms. The summed E-state index contributed by atoms with van der Waals surface area (Å²) in [6.07, 6.45) is 4.22. The van der Waals surface area contributed by atoms with Gasteiger partial charge in [0.15, 0.2) is 29.0 Å². The second-order valence-electron chi connectivity index (χ2n) is 6.09. The number of anilines is 1. The summed E-state index contributed by atoms with van der Waals surface area (Å²) in [6.45, 7) is 2.80. The van der Waals surface area contributed by atoms with E-state index in [-0.39, 0.29) is 0 Å². The van der Waals surface area contributed by atoms with E-state index in [4.69, 9.17) is 9.47 Å². The topological polar surface area (TPSA) is 56.3 Å². The number of benzene rings is 2. The molecule has 0 spiro atoms. The molecule has 3 aromatic rings. The zero-order valence-electron chi connectivity index (χ0n) is 15.9. The van der Waals surface area contributed by atoms with Crippen LogP contribution in [0.5, 0.6) is 11.5 Å². The maximum atomic E-state index is 13.4. The molecule has 1 aromatic heterocycles. The fourth-order valence-corrected chi connectivity index (χ4v) is 2.71. The van der Waals surface area contributed by atoms with Crippen LogP contribution in [0.25, 0.3) is 23.1 Å². The third-order valence-corrected chi connectivity index (χ3v) is 4.13. The normalized spacial score (nSPS) is 11.2. The van der Waals surface area contributed by atoms with Crippen molar-refractivity contribution in [1.29, 1.82) is 0 Å². The quantitative estimate of drug-likeness (QED) is 0.626. The molecule has 0 aliphatic heterocycles. The highest BCUT2D eigenvalue weighted by atomic mass is 19.2. The van der Waals surface area contributed by atoms with Crippen LogP contribution in [0.15, 0.2) is 30.3 Å². The molecule has 0 unspecified atom stereocenters. The van der Waals surface area contributed by atoms with E-state index in [2.05, 4.69) is 22.2 Å². The molecule has 2 aromatic carbocycles. The van der Waals surface area contributed by atoms with Crippen LogP contribution in [0.3, 0.4) is 0 Å². The highest BCUT2D eigenvalue weighted by Crippen LogP contribution is 2.34. The summed E-state index contributed by atoms with van der Waals surface area (Å²) < 4.78 is 37.2. The predicted molar refractivity (Wildman–Crippen MR) is 107 cm³/mol. The Morgan fingerprint density at radius 3 is 2.39 bits per heavy atom. The lowest BCUT2D eigenvalue weighted by Gasteiger charge is -2.13. The number of aromatic nitrogens is 2. The Bertz CT molecular complexity index is 1020. The molecule has 0 saturated carbocycles. The molecule has 146 valence electrons. The van der Waals surface area contributed by atoms with Gasteiger partial charge in [-0.3, -0.25) is 0 Å². The van der Waals surface area contributed by atoms with E-state index < -0.39 is 11.6 Å². The molecule has 0 saturated heterocycles. The van der Waals surface area contributed by atoms with E-state index in [9.17, 15) is 8.78 Å². The lowest BCUT2D eigenvalue weighted by atomic mass is 10.2. The standard InChI is InChI=1S/C21H21F2N3O2/c1-4-9-24-21-14-11-18(27-2)19(28-3)12-17(14)25-20(26-21)8-6-13-5-7-15(22)16(23)10-13/h5-8,10-12H,4,9H2,1-3H3,(H,24,25,26)/b8-6+. The molecule has 0 atom stereocenters. The summed E-state index contributed by atoms with van der Waals surface area (Å²) in [5.41, 5.74) is 1.19. The zero-order chi connectivity index (χ0) is 20.1. The van der Waals surface area contributed by atoms with Crippen molar-refractivity contribution in [2.24, 2.45) is 0 Å². The largest absolute Gasteiger partial charge is 0.493 e. The molecule has 1 N–H and O–H groups in total. The molecule has 0 bridgehead atoms. The molecular formula is C21H21F2N3O2. The lowest BCUT2D eigenvalue weighted by Crippen LogP contribution is -2.05. The van der Waals surface area contributed by atoms with Crippen LogP contribution in [0.4, 0.5) is 14.6 Å². The van der Waals surface area contributed by atoms with Crippen LogP contribution in [0.1, 0.15) is 24.7 Å². The second kappa shape index (κ2) is 8.65. The van der Waals surface area contributed by atoms with Crippen molar-refractivity contribution in [3.8, 4) is 11.5 Å². The van der Waals surface area contributed by atoms with E-state index in [1.807, 2.05) is 6.07 Å². The Balaban J connectivity index is 2.06. The van der Waals surface area contributed by atoms with Crippen molar-refractivity contribution in [3.63, 3.8) is 0 Å². The monoisotopic (exact) mass is 385 g/mol. The number of nitrogens with zero attached hydrogens (tertiary/aromatic N) is 2. The molecule has 0 aliphatic rings. The predicted octanol–water partition coefficient (Wildman–Crippen LogP) is 4.92. The number of halogens is 2. The zero-order valence-corrected chi connectivity index (χ0v) is 15.9. The fraction of sp³-hybridized carbons (Fsp3) is 0.238. The fourth-order valence-electron chi connectivity index (χ4n) is 2.71. The van der Waals surface area contributed by atoms with Gasteiger partial charge in [0, 0.05) is 18.0 Å². The van der Waals surface area contributed by atoms with Crippen molar-refractivity contribution in [2.45, 2.75) is 13.3 Å². The number of rotatable bonds is 7. The minimum absolute atomic E-state index is 0.433. The Morgan fingerprint density at radius 2 is 1.71 bits per heavy atom. The SMILES string of the molecule is CCCNc1nc(/C=C/c2ccc(F)c(F)c2)nc2cc(OC)c(OC)cc12. The van der Waals surface area contributed by atoms with Crippen LogP contribution < -0.4 is 14.8 Å². The van der Waals surface area contributed by atoms with Gasteiger partial charge in [-0.05, 0) is 36.3 Å². The van der Waals surface area contributed by atoms with Crippen LogP contribution in [-0.2, 0) is 0 Å². The molecular weight excluding hydrogens is 364 g/mol. The van der Waals surface area contributed by atoms with Crippen molar-refractivity contribution in [3.05, 3.63) is 53.4 Å². The summed E-state index contributed by atoms with van der Waals surface area (Å²) in [5.74, 6) is 0.463. The van der Waals surface area contributed by atoms with Gasteiger partial charge in [0.2, 0.25) is 0 Å². The van der Waals surface area contributed by atoms with Gasteiger partial charge in [-0.1, -0.05) is 19.1 Å². The minimum Gasteiger partial charge on any atom is -0.493 e. The van der Waals surface area contributed by atoms with Crippen molar-refractivity contribution in [1.82, 2.24) is 9.97 Å². The molecule has 3 rings (SSSR count). The van der Waals surface area contributed by atoms with E-state index in [1.165, 1.54) is 6.07 Å². The van der Waals surface area contributed by atoms with E-state index in [0.717, 1.165) is 30.5 Å². The maximum Gasteiger partial charge on any atom is 0.162 e. The summed E-state index contributed by atoms with van der Waals surface area (Å²) in [5, 5.41) is 4.09. The first-order chi connectivity index (χ1) is 13.5. The first-order valence-electron chi connectivity index (χ1n) is 8.86. The van der Waals surface area contributed by atoms with Crippen molar-refractivity contribution >= 4 is 28.9 Å². The van der Waals surface area contributed by atoms with Gasteiger partial charge < -0.3 is 14.8 Å². The number of ether oxygens (including phenoxy) is 2. The van der Waals surface area contributed by atoms with Crippen LogP contribution in [-0.4, -0.2) is 30.7 Å². The van der Waals surface area contributed by atoms with Gasteiger partial charge in [-0.25, -0.2) is 18.7 Å². The van der Waals surface area contributed by atoms with Crippen LogP contribution >= 0.6 is 0 Å². The molecule has 5 nitrogen and oxygen atoms in total. The number of nitrogens with one attached hydrogen (secondary N) is 1. The van der Waals surface area contributed by atoms with Crippen molar-refractivity contribution < 1.29 is 18.3 Å². The number of fused-ring (bicyclic) bond motifs is 1. The van der Waals surface area contributed by atoms with Gasteiger partial charge in [-0.2, -0.15) is 0 Å². The summed E-state index contributed by atoms with van der Waals surface area (Å²) in [6, 6.07) is 7.30. The second-order valence-corrected chi connectivity index (χ2v) is 6.09. The third kappa shape index (κ3) is 4.19. The van der Waals surface area contributed by atoms with Crippen molar-refractivity contribution in [2.75, 3.05) is 26.1 Å². The Morgan fingerprint density at radius 1 is 0.964 bits per heavy atom. The smallest absolute Gasteiger partial charge is 0.162 e. The molecule has 1 heterocycles. The maximum absolute atomic E-state index is 13.4. The highest BCUT2D eigenvalue weighted by Gasteiger charge is 2.12. The average Bonchev–Trinajstić information content (AvgIpc) is 2.71. The van der Waals surface area contributed by atoms with E-state index in [0.29, 0.717) is 34.2 Å². The number of hydrogen-bond acceptors (Lipinski definition) is 5. The third-order valence-electron chi connectivity index (χ3n) is 4.13. The molecule has 0 aliphatic carbocycles. The summed E-state index contributed by atoms with van der Waals surface area (Å²) in [7, 11) is 3.13. The van der Waals surface area contributed by atoms with Crippen LogP contribution in [0, 0.1) is 11.6 Å². The Kier molecular flexibility index (Phi) is 6.03. The number of methoxy groups -OCH3 is 2. The average molecular weight is 385 g/mol. The first-order valence-corrected chi connectivity index (χ1v) is 8.86. The Hall–Kier alpha value is -3.22. The van der Waals surface area contributed by atoms with Gasteiger partial charge in [-0.15, -0.1) is 0 Å². The van der Waals surface area contributed by atoms with Gasteiger partial charge in [0.1, 0.15) is 5.82 Å². The van der Waals surface area contributed by atoms with Gasteiger partial charge >= 0.3 is 0 Å². The van der Waals surface area contributed by atoms with Crippen LogP contribution in [0.2, 0.25) is 0 Å². The summed E-state index contributed by atoms with van der Waals surface area (Å²) >= 11 is 0. The van der Waals surface area contributed by atoms with E-state index >= 15 is 0 Å². The van der Waals surface area contributed by atoms with Gasteiger partial charge in [0.05, 0.1) is 19.7 Å². The molecule has 0 radical (unpaired) electrons.